The number of esters is 1. The van der Waals surface area contributed by atoms with Crippen molar-refractivity contribution < 1.29 is 24.2 Å². The number of ether oxygens (including phenoxy) is 2. The maximum absolute atomic E-state index is 13.5. The summed E-state index contributed by atoms with van der Waals surface area (Å²) in [5.74, 6) is -0.902. The molecule has 0 unspecified atom stereocenters. The lowest BCUT2D eigenvalue weighted by molar-refractivity contribution is -0.136. The molecule has 0 fully saturated rings. The number of Topliss-reactive ketones (excluding diaryl/α,β-unsaturated/α-hetero) is 1. The summed E-state index contributed by atoms with van der Waals surface area (Å²) in [6, 6.07) is 12.4. The Labute approximate surface area is 191 Å². The number of ketones is 1. The van der Waals surface area contributed by atoms with Crippen molar-refractivity contribution in [3.63, 3.8) is 0 Å². The molecule has 2 aromatic rings. The van der Waals surface area contributed by atoms with Crippen molar-refractivity contribution in [2.75, 3.05) is 14.2 Å². The van der Waals surface area contributed by atoms with Crippen molar-refractivity contribution in [1.29, 1.82) is 0 Å². The van der Waals surface area contributed by atoms with Crippen LogP contribution in [0.1, 0.15) is 42.7 Å². The fourth-order valence-electron chi connectivity index (χ4n) is 4.60. The Morgan fingerprint density at radius 3 is 2.44 bits per heavy atom. The molecule has 1 aliphatic heterocycles. The van der Waals surface area contributed by atoms with Gasteiger partial charge in [-0.3, -0.25) is 4.79 Å². The van der Waals surface area contributed by atoms with Crippen LogP contribution in [0, 0.1) is 0 Å². The van der Waals surface area contributed by atoms with E-state index >= 15 is 0 Å². The monoisotopic (exact) mass is 453 g/mol. The van der Waals surface area contributed by atoms with E-state index in [-0.39, 0.29) is 23.2 Å². The molecule has 2 aromatic carbocycles. The number of nitrogens with one attached hydrogen (secondary N) is 1. The molecule has 0 amide bonds. The molecule has 166 valence electrons. The van der Waals surface area contributed by atoms with E-state index in [4.69, 9.17) is 21.1 Å². The fraction of sp³-hybridized carbons (Fsp3) is 0.280. The zero-order valence-corrected chi connectivity index (χ0v) is 18.8. The highest BCUT2D eigenvalue weighted by Crippen LogP contribution is 2.46. The van der Waals surface area contributed by atoms with Crippen molar-refractivity contribution in [1.82, 2.24) is 5.32 Å². The second kappa shape index (κ2) is 8.71. The highest BCUT2D eigenvalue weighted by Gasteiger charge is 2.41. The molecule has 0 bridgehead atoms. The van der Waals surface area contributed by atoms with Gasteiger partial charge in [0.15, 0.2) is 17.3 Å². The van der Waals surface area contributed by atoms with Crippen LogP contribution in [-0.2, 0) is 14.3 Å². The van der Waals surface area contributed by atoms with Crippen molar-refractivity contribution in [2.45, 2.75) is 31.6 Å². The number of halogens is 1. The van der Waals surface area contributed by atoms with Gasteiger partial charge in [-0.1, -0.05) is 29.8 Å². The minimum atomic E-state index is -0.619. The molecule has 0 saturated heterocycles. The normalized spacial score (nSPS) is 20.6. The molecule has 6 nitrogen and oxygen atoms in total. The number of phenolic OH excluding ortho intramolecular Hbond substituents is 1. The number of dihydropyridines is 1. The zero-order chi connectivity index (χ0) is 23.0. The summed E-state index contributed by atoms with van der Waals surface area (Å²) in [5, 5.41) is 14.0. The van der Waals surface area contributed by atoms with E-state index in [0.717, 1.165) is 11.3 Å². The number of phenols is 1. The van der Waals surface area contributed by atoms with Crippen LogP contribution in [0.3, 0.4) is 0 Å². The second-order valence-electron chi connectivity index (χ2n) is 7.99. The Morgan fingerprint density at radius 2 is 1.78 bits per heavy atom. The van der Waals surface area contributed by atoms with Gasteiger partial charge >= 0.3 is 5.97 Å². The Bertz CT molecular complexity index is 1150. The van der Waals surface area contributed by atoms with Gasteiger partial charge in [0.25, 0.3) is 0 Å². The van der Waals surface area contributed by atoms with Gasteiger partial charge in [0.2, 0.25) is 0 Å². The number of hydrogen-bond donors (Lipinski definition) is 2. The first kappa shape index (κ1) is 22.0. The van der Waals surface area contributed by atoms with E-state index in [1.54, 1.807) is 19.1 Å². The van der Waals surface area contributed by atoms with E-state index in [1.165, 1.54) is 20.3 Å². The first-order valence-corrected chi connectivity index (χ1v) is 10.7. The molecule has 2 aliphatic rings. The number of aromatic hydroxyl groups is 1. The van der Waals surface area contributed by atoms with Crippen molar-refractivity contribution >= 4 is 23.4 Å². The van der Waals surface area contributed by atoms with Gasteiger partial charge in [0.1, 0.15) is 0 Å². The predicted octanol–water partition coefficient (Wildman–Crippen LogP) is 4.59. The highest BCUT2D eigenvalue weighted by molar-refractivity contribution is 6.30. The summed E-state index contributed by atoms with van der Waals surface area (Å²) in [6.45, 7) is 1.80. The van der Waals surface area contributed by atoms with E-state index in [0.29, 0.717) is 40.3 Å². The maximum atomic E-state index is 13.5. The van der Waals surface area contributed by atoms with Gasteiger partial charge in [0, 0.05) is 34.3 Å². The van der Waals surface area contributed by atoms with Crippen LogP contribution in [-0.4, -0.2) is 31.1 Å². The summed E-state index contributed by atoms with van der Waals surface area (Å²) in [6.07, 6.45) is 0.946. The van der Waals surface area contributed by atoms with Gasteiger partial charge in [0.05, 0.1) is 19.8 Å². The molecular formula is C25H24ClNO5. The molecule has 0 saturated carbocycles. The standard InChI is InChI=1S/C25H24ClNO5/c1-13-22(25(30)32-3)23(15-6-9-19(28)21(12-15)31-2)24-18(27-13)10-16(11-20(24)29)14-4-7-17(26)8-5-14/h4-9,12,16,23,27-28H,10-11H2,1-3H3/t16-,23-/m0/s1. The minimum Gasteiger partial charge on any atom is -0.504 e. The third kappa shape index (κ3) is 3.86. The number of benzene rings is 2. The molecule has 0 radical (unpaired) electrons. The highest BCUT2D eigenvalue weighted by atomic mass is 35.5. The molecule has 2 N–H and O–H groups in total. The number of carbonyl (C=O) groups is 2. The van der Waals surface area contributed by atoms with Crippen molar-refractivity contribution in [2.24, 2.45) is 0 Å². The number of hydrogen-bond acceptors (Lipinski definition) is 6. The molecule has 7 heteroatoms. The molecule has 1 heterocycles. The van der Waals surface area contributed by atoms with Crippen LogP contribution in [0.2, 0.25) is 5.02 Å². The summed E-state index contributed by atoms with van der Waals surface area (Å²) < 4.78 is 10.3. The summed E-state index contributed by atoms with van der Waals surface area (Å²) in [4.78, 5) is 26.2. The third-order valence-electron chi connectivity index (χ3n) is 6.11. The summed E-state index contributed by atoms with van der Waals surface area (Å²) in [5.41, 5.74) is 4.07. The lowest BCUT2D eigenvalue weighted by atomic mass is 9.71. The maximum Gasteiger partial charge on any atom is 0.336 e. The van der Waals surface area contributed by atoms with Gasteiger partial charge in [-0.2, -0.15) is 0 Å². The molecular weight excluding hydrogens is 430 g/mol. The lowest BCUT2D eigenvalue weighted by Crippen LogP contribution is -2.36. The quantitative estimate of drug-likeness (QED) is 0.659. The van der Waals surface area contributed by atoms with E-state index in [1.807, 2.05) is 24.3 Å². The topological polar surface area (TPSA) is 84.9 Å². The van der Waals surface area contributed by atoms with E-state index in [9.17, 15) is 14.7 Å². The van der Waals surface area contributed by atoms with E-state index in [2.05, 4.69) is 5.32 Å². The Balaban J connectivity index is 1.82. The largest absolute Gasteiger partial charge is 0.504 e. The molecule has 1 aliphatic carbocycles. The van der Waals surface area contributed by atoms with Crippen LogP contribution < -0.4 is 10.1 Å². The number of allylic oxidation sites excluding steroid dienone is 3. The van der Waals surface area contributed by atoms with E-state index < -0.39 is 11.9 Å². The second-order valence-corrected chi connectivity index (χ2v) is 8.43. The molecule has 0 aromatic heterocycles. The van der Waals surface area contributed by atoms with Crippen LogP contribution in [0.4, 0.5) is 0 Å². The third-order valence-corrected chi connectivity index (χ3v) is 6.36. The summed E-state index contributed by atoms with van der Waals surface area (Å²) >= 11 is 6.02. The van der Waals surface area contributed by atoms with Crippen LogP contribution in [0.15, 0.2) is 65.0 Å². The predicted molar refractivity (Wildman–Crippen MR) is 121 cm³/mol. The fourth-order valence-corrected chi connectivity index (χ4v) is 4.72. The number of carbonyl (C=O) groups excluding carboxylic acids is 2. The van der Waals surface area contributed by atoms with Gasteiger partial charge in [-0.05, 0) is 54.7 Å². The van der Waals surface area contributed by atoms with Crippen molar-refractivity contribution in [3.05, 3.63) is 81.2 Å². The first-order valence-electron chi connectivity index (χ1n) is 10.3. The van der Waals surface area contributed by atoms with Crippen molar-refractivity contribution in [3.8, 4) is 11.5 Å². The van der Waals surface area contributed by atoms with Gasteiger partial charge < -0.3 is 19.9 Å². The average molecular weight is 454 g/mol. The van der Waals surface area contributed by atoms with Crippen LogP contribution >= 0.6 is 11.6 Å². The van der Waals surface area contributed by atoms with Gasteiger partial charge in [-0.15, -0.1) is 0 Å². The Morgan fingerprint density at radius 1 is 1.09 bits per heavy atom. The molecule has 2 atom stereocenters. The molecule has 32 heavy (non-hydrogen) atoms. The molecule has 0 spiro atoms. The SMILES string of the molecule is COC(=O)C1=C(C)NC2=C(C(=O)C[C@@H](c3ccc(Cl)cc3)C2)[C@H]1c1ccc(O)c(OC)c1. The number of rotatable bonds is 4. The zero-order valence-electron chi connectivity index (χ0n) is 18.1. The van der Waals surface area contributed by atoms with Gasteiger partial charge in [-0.25, -0.2) is 4.79 Å². The smallest absolute Gasteiger partial charge is 0.336 e. The minimum absolute atomic E-state index is 0.00787. The average Bonchev–Trinajstić information content (AvgIpc) is 2.78. The molecule has 4 rings (SSSR count). The van der Waals surface area contributed by atoms with Crippen LogP contribution in [0.5, 0.6) is 11.5 Å². The first-order chi connectivity index (χ1) is 15.3. The summed E-state index contributed by atoms with van der Waals surface area (Å²) in [7, 11) is 2.77. The van der Waals surface area contributed by atoms with Crippen LogP contribution in [0.25, 0.3) is 0 Å². The lowest BCUT2D eigenvalue weighted by Gasteiger charge is -2.36. The number of methoxy groups -OCH3 is 2. The Kier molecular flexibility index (Phi) is 5.98. The Hall–Kier alpha value is -3.25.